The van der Waals surface area contributed by atoms with Gasteiger partial charge in [-0.3, -0.25) is 0 Å². The van der Waals surface area contributed by atoms with Crippen LogP contribution in [0.15, 0.2) is 54.1 Å². The van der Waals surface area contributed by atoms with E-state index in [1.54, 1.807) is 18.2 Å². The van der Waals surface area contributed by atoms with Crippen LogP contribution in [0.2, 0.25) is 0 Å². The summed E-state index contributed by atoms with van der Waals surface area (Å²) in [5.74, 6) is -3.91. The molecule has 3 rings (SSSR count). The number of halogens is 3. The number of alkyl halides is 3. The van der Waals surface area contributed by atoms with Crippen LogP contribution in [0, 0.1) is 11.3 Å². The fraction of sp³-hybridized carbons (Fsp3) is 0.286. The molecule has 1 aliphatic heterocycles. The summed E-state index contributed by atoms with van der Waals surface area (Å²) in [5, 5.41) is 20.1. The molecule has 0 bridgehead atoms. The Morgan fingerprint density at radius 3 is 2.31 bits per heavy atom. The van der Waals surface area contributed by atoms with Crippen LogP contribution < -0.4 is 9.47 Å². The maximum Gasteiger partial charge on any atom is 0.455 e. The lowest BCUT2D eigenvalue weighted by Crippen LogP contribution is -2.50. The van der Waals surface area contributed by atoms with Gasteiger partial charge in [-0.25, -0.2) is 0 Å². The van der Waals surface area contributed by atoms with E-state index >= 15 is 0 Å². The summed E-state index contributed by atoms with van der Waals surface area (Å²) in [6.07, 6.45) is -5.92. The van der Waals surface area contributed by atoms with E-state index in [1.807, 2.05) is 6.07 Å². The predicted molar refractivity (Wildman–Crippen MR) is 98.0 cm³/mol. The lowest BCUT2D eigenvalue weighted by Gasteiger charge is -2.39. The molecule has 1 N–H and O–H groups in total. The highest BCUT2D eigenvalue weighted by Crippen LogP contribution is 2.50. The summed E-state index contributed by atoms with van der Waals surface area (Å²) < 4.78 is 56.2. The van der Waals surface area contributed by atoms with Crippen molar-refractivity contribution in [1.29, 1.82) is 5.26 Å². The lowest BCUT2D eigenvalue weighted by atomic mass is 9.81. The smallest absolute Gasteiger partial charge is 0.455 e. The van der Waals surface area contributed by atoms with E-state index in [9.17, 15) is 23.5 Å². The minimum atomic E-state index is -5.07. The van der Waals surface area contributed by atoms with Gasteiger partial charge in [0.2, 0.25) is 0 Å². The van der Waals surface area contributed by atoms with Crippen molar-refractivity contribution in [2.24, 2.45) is 0 Å². The molecule has 0 fully saturated rings. The van der Waals surface area contributed by atoms with Gasteiger partial charge in [-0.15, -0.1) is 0 Å². The van der Waals surface area contributed by atoms with E-state index in [2.05, 4.69) is 0 Å². The van der Waals surface area contributed by atoms with Crippen LogP contribution in [0.25, 0.3) is 5.76 Å². The van der Waals surface area contributed by atoms with Crippen LogP contribution in [0.4, 0.5) is 13.2 Å². The van der Waals surface area contributed by atoms with Gasteiger partial charge in [0.15, 0.2) is 0 Å². The molecule has 1 aliphatic rings. The number of nitrogens with zero attached hydrogens (tertiary/aromatic N) is 1. The molecule has 8 heteroatoms. The molecule has 2 aromatic carbocycles. The number of ether oxygens (including phenoxy) is 3. The average molecular weight is 405 g/mol. The first-order valence-electron chi connectivity index (χ1n) is 8.63. The van der Waals surface area contributed by atoms with E-state index in [-0.39, 0.29) is 16.9 Å². The Hall–Kier alpha value is -3.18. The fourth-order valence-corrected chi connectivity index (χ4v) is 3.20. The maximum absolute atomic E-state index is 13.7. The minimum Gasteiger partial charge on any atom is -0.497 e. The van der Waals surface area contributed by atoms with Crippen LogP contribution in [0.1, 0.15) is 23.5 Å². The molecule has 0 aliphatic carbocycles. The first-order valence-corrected chi connectivity index (χ1v) is 8.63. The number of nitriles is 1. The van der Waals surface area contributed by atoms with E-state index in [0.717, 1.165) is 0 Å². The molecular weight excluding hydrogens is 387 g/mol. The van der Waals surface area contributed by atoms with Crippen molar-refractivity contribution in [1.82, 2.24) is 0 Å². The molecule has 2 aromatic rings. The number of methoxy groups -OCH3 is 2. The highest BCUT2D eigenvalue weighted by Gasteiger charge is 2.60. The van der Waals surface area contributed by atoms with E-state index < -0.39 is 24.3 Å². The summed E-state index contributed by atoms with van der Waals surface area (Å²) in [5.41, 5.74) is 0.604. The largest absolute Gasteiger partial charge is 0.497 e. The number of rotatable bonds is 4. The van der Waals surface area contributed by atoms with Crippen LogP contribution in [0.3, 0.4) is 0 Å². The molecule has 1 heterocycles. The van der Waals surface area contributed by atoms with Gasteiger partial charge in [0.25, 0.3) is 0 Å². The van der Waals surface area contributed by atoms with Crippen LogP contribution >= 0.6 is 0 Å². The third kappa shape index (κ3) is 3.87. The quantitative estimate of drug-likeness (QED) is 0.817. The molecule has 0 saturated carbocycles. The molecular formula is C21H18F3NO4. The van der Waals surface area contributed by atoms with Crippen LogP contribution in [-0.4, -0.2) is 31.3 Å². The Labute approximate surface area is 165 Å². The Balaban J connectivity index is 2.20. The molecule has 0 saturated heterocycles. The van der Waals surface area contributed by atoms with Crippen molar-refractivity contribution < 1.29 is 32.5 Å². The van der Waals surface area contributed by atoms with Gasteiger partial charge in [0.05, 0.1) is 25.9 Å². The number of hydrogen-bond donors (Lipinski definition) is 1. The second-order valence-corrected chi connectivity index (χ2v) is 6.50. The van der Waals surface area contributed by atoms with E-state index in [0.29, 0.717) is 17.1 Å². The monoisotopic (exact) mass is 405 g/mol. The third-order valence-corrected chi connectivity index (χ3v) is 4.76. The lowest BCUT2D eigenvalue weighted by molar-refractivity contribution is -0.351. The summed E-state index contributed by atoms with van der Waals surface area (Å²) >= 11 is 0. The van der Waals surface area contributed by atoms with Crippen molar-refractivity contribution in [2.45, 2.75) is 24.3 Å². The van der Waals surface area contributed by atoms with E-state index in [4.69, 9.17) is 14.2 Å². The number of benzene rings is 2. The highest BCUT2D eigenvalue weighted by molar-refractivity contribution is 5.70. The van der Waals surface area contributed by atoms with Gasteiger partial charge in [-0.05, 0) is 42.0 Å². The SMILES string of the molecule is COc1ccc(C2=C(C#N)[C@@H](c3cccc(OC)c3)C[C@@](O)(C(F)(F)F)O2)cc1. The van der Waals surface area contributed by atoms with Gasteiger partial charge < -0.3 is 19.3 Å². The molecule has 0 spiro atoms. The van der Waals surface area contributed by atoms with Crippen LogP contribution in [-0.2, 0) is 4.74 Å². The fourth-order valence-electron chi connectivity index (χ4n) is 3.20. The molecule has 2 atom stereocenters. The van der Waals surface area contributed by atoms with Crippen molar-refractivity contribution in [3.8, 4) is 17.6 Å². The molecule has 29 heavy (non-hydrogen) atoms. The van der Waals surface area contributed by atoms with Gasteiger partial charge in [0.1, 0.15) is 17.3 Å². The predicted octanol–water partition coefficient (Wildman–Crippen LogP) is 4.39. The van der Waals surface area contributed by atoms with Gasteiger partial charge in [-0.1, -0.05) is 12.1 Å². The molecule has 152 valence electrons. The van der Waals surface area contributed by atoms with Gasteiger partial charge >= 0.3 is 12.0 Å². The first-order chi connectivity index (χ1) is 13.7. The molecule has 0 aromatic heterocycles. The Kier molecular flexibility index (Phi) is 5.44. The minimum absolute atomic E-state index is 0.0163. The zero-order valence-electron chi connectivity index (χ0n) is 15.7. The van der Waals surface area contributed by atoms with Gasteiger partial charge in [-0.2, -0.15) is 18.4 Å². The average Bonchev–Trinajstić information content (AvgIpc) is 2.72. The summed E-state index contributed by atoms with van der Waals surface area (Å²) in [6.45, 7) is 0. The van der Waals surface area contributed by atoms with E-state index in [1.165, 1.54) is 44.6 Å². The topological polar surface area (TPSA) is 71.7 Å². The molecule has 0 amide bonds. The number of aliphatic hydroxyl groups is 1. The molecule has 5 nitrogen and oxygen atoms in total. The van der Waals surface area contributed by atoms with Crippen molar-refractivity contribution in [3.05, 3.63) is 65.2 Å². The zero-order chi connectivity index (χ0) is 21.2. The van der Waals surface area contributed by atoms with Crippen molar-refractivity contribution in [2.75, 3.05) is 14.2 Å². The summed E-state index contributed by atoms with van der Waals surface area (Å²) in [6, 6.07) is 14.3. The Bertz CT molecular complexity index is 963. The second kappa shape index (κ2) is 7.68. The summed E-state index contributed by atoms with van der Waals surface area (Å²) in [7, 11) is 2.88. The Morgan fingerprint density at radius 1 is 1.10 bits per heavy atom. The molecule has 0 unspecified atom stereocenters. The van der Waals surface area contributed by atoms with Gasteiger partial charge in [0, 0.05) is 17.9 Å². The number of hydrogen-bond acceptors (Lipinski definition) is 5. The summed E-state index contributed by atoms with van der Waals surface area (Å²) in [4.78, 5) is 0. The molecule has 0 radical (unpaired) electrons. The van der Waals surface area contributed by atoms with Crippen molar-refractivity contribution >= 4 is 5.76 Å². The number of allylic oxidation sites excluding steroid dienone is 1. The zero-order valence-corrected chi connectivity index (χ0v) is 15.7. The second-order valence-electron chi connectivity index (χ2n) is 6.50. The van der Waals surface area contributed by atoms with Crippen LogP contribution in [0.5, 0.6) is 11.5 Å². The van der Waals surface area contributed by atoms with Crippen molar-refractivity contribution in [3.63, 3.8) is 0 Å². The highest BCUT2D eigenvalue weighted by atomic mass is 19.4. The normalized spacial score (nSPS) is 21.9. The Morgan fingerprint density at radius 2 is 1.76 bits per heavy atom. The standard InChI is InChI=1S/C21H18F3NO4/c1-27-15-8-6-13(7-9-15)19-18(12-25)17(11-20(26,29-19)21(22,23)24)14-4-3-5-16(10-14)28-2/h3-10,17,26H,11H2,1-2H3/t17-,20+/m1/s1. The maximum atomic E-state index is 13.7. The third-order valence-electron chi connectivity index (χ3n) is 4.76. The first kappa shape index (κ1) is 20.6.